The molecule has 1 amide bonds. The highest BCUT2D eigenvalue weighted by Crippen LogP contribution is 2.21. The number of para-hydroxylation sites is 1. The first-order chi connectivity index (χ1) is 12.5. The van der Waals surface area contributed by atoms with Crippen LogP contribution in [0.2, 0.25) is 5.02 Å². The second-order valence-electron chi connectivity index (χ2n) is 6.24. The predicted octanol–water partition coefficient (Wildman–Crippen LogP) is 3.66. The van der Waals surface area contributed by atoms with Gasteiger partial charge in [0.2, 0.25) is 5.91 Å². The van der Waals surface area contributed by atoms with E-state index in [1.54, 1.807) is 24.1 Å². The van der Waals surface area contributed by atoms with Crippen molar-refractivity contribution in [1.82, 2.24) is 14.5 Å². The van der Waals surface area contributed by atoms with Gasteiger partial charge in [-0.25, -0.2) is 4.98 Å². The molecule has 3 aromatic rings. The Kier molecular flexibility index (Phi) is 5.38. The second kappa shape index (κ2) is 7.70. The molecule has 0 bridgehead atoms. The number of aryl methyl sites for hydroxylation is 1. The molecule has 1 unspecified atom stereocenters. The molecular weight excluding hydrogens is 350 g/mol. The van der Waals surface area contributed by atoms with E-state index in [1.165, 1.54) is 10.9 Å². The fraction of sp³-hybridized carbons (Fsp3) is 0.250. The lowest BCUT2D eigenvalue weighted by Gasteiger charge is -2.25. The molecule has 0 aliphatic rings. The van der Waals surface area contributed by atoms with Gasteiger partial charge in [0.1, 0.15) is 0 Å². The predicted molar refractivity (Wildman–Crippen MR) is 103 cm³/mol. The molecule has 6 heteroatoms. The molecule has 134 valence electrons. The zero-order chi connectivity index (χ0) is 18.7. The standard InChI is InChI=1S/C20H20ClN3O2/c1-14(15-7-9-16(21)10-8-15)23(2)19(25)11-12-24-13-22-18-6-4-3-5-17(18)20(24)26/h3-10,13-14H,11-12H2,1-2H3. The van der Waals surface area contributed by atoms with E-state index >= 15 is 0 Å². The van der Waals surface area contributed by atoms with E-state index in [-0.39, 0.29) is 23.9 Å². The molecule has 1 aromatic heterocycles. The number of amides is 1. The van der Waals surface area contributed by atoms with Gasteiger partial charge in [0.25, 0.3) is 5.56 Å². The maximum atomic E-state index is 12.5. The van der Waals surface area contributed by atoms with E-state index in [0.717, 1.165) is 5.56 Å². The number of fused-ring (bicyclic) bond motifs is 1. The molecule has 0 saturated heterocycles. The van der Waals surface area contributed by atoms with Crippen LogP contribution in [0.15, 0.2) is 59.7 Å². The Morgan fingerprint density at radius 2 is 1.88 bits per heavy atom. The summed E-state index contributed by atoms with van der Waals surface area (Å²) in [5, 5.41) is 1.23. The molecule has 0 aliphatic carbocycles. The van der Waals surface area contributed by atoms with Crippen LogP contribution in [0.1, 0.15) is 24.9 Å². The third-order valence-electron chi connectivity index (χ3n) is 4.62. The number of hydrogen-bond donors (Lipinski definition) is 0. The molecule has 1 atom stereocenters. The highest BCUT2D eigenvalue weighted by Gasteiger charge is 2.17. The summed E-state index contributed by atoms with van der Waals surface area (Å²) in [6.45, 7) is 2.26. The smallest absolute Gasteiger partial charge is 0.261 e. The van der Waals surface area contributed by atoms with E-state index in [4.69, 9.17) is 11.6 Å². The molecule has 0 radical (unpaired) electrons. The Hall–Kier alpha value is -2.66. The van der Waals surface area contributed by atoms with Crippen LogP contribution in [0.5, 0.6) is 0 Å². The number of rotatable bonds is 5. The van der Waals surface area contributed by atoms with E-state index < -0.39 is 0 Å². The molecule has 0 aliphatic heterocycles. The van der Waals surface area contributed by atoms with Gasteiger partial charge in [-0.05, 0) is 36.8 Å². The van der Waals surface area contributed by atoms with Gasteiger partial charge in [-0.1, -0.05) is 35.9 Å². The van der Waals surface area contributed by atoms with Crippen LogP contribution in [-0.4, -0.2) is 27.4 Å². The van der Waals surface area contributed by atoms with Crippen molar-refractivity contribution in [3.63, 3.8) is 0 Å². The van der Waals surface area contributed by atoms with Gasteiger partial charge in [0.05, 0.1) is 23.3 Å². The van der Waals surface area contributed by atoms with Crippen LogP contribution in [0.4, 0.5) is 0 Å². The number of benzene rings is 2. The third-order valence-corrected chi connectivity index (χ3v) is 4.88. The molecule has 26 heavy (non-hydrogen) atoms. The van der Waals surface area contributed by atoms with Crippen molar-refractivity contribution in [2.45, 2.75) is 25.9 Å². The van der Waals surface area contributed by atoms with Crippen molar-refractivity contribution >= 4 is 28.4 Å². The van der Waals surface area contributed by atoms with Crippen LogP contribution in [0.25, 0.3) is 10.9 Å². The van der Waals surface area contributed by atoms with Gasteiger partial charge < -0.3 is 4.90 Å². The van der Waals surface area contributed by atoms with Gasteiger partial charge in [-0.3, -0.25) is 14.2 Å². The number of halogens is 1. The molecule has 1 heterocycles. The molecule has 0 fully saturated rings. The summed E-state index contributed by atoms with van der Waals surface area (Å²) < 4.78 is 1.49. The fourth-order valence-corrected chi connectivity index (χ4v) is 2.96. The van der Waals surface area contributed by atoms with Crippen molar-refractivity contribution in [2.75, 3.05) is 7.05 Å². The lowest BCUT2D eigenvalue weighted by atomic mass is 10.1. The minimum absolute atomic E-state index is 0.0347. The molecule has 0 saturated carbocycles. The maximum absolute atomic E-state index is 12.5. The summed E-state index contributed by atoms with van der Waals surface area (Å²) in [6, 6.07) is 14.6. The average molecular weight is 370 g/mol. The van der Waals surface area contributed by atoms with Gasteiger partial charge >= 0.3 is 0 Å². The Bertz CT molecular complexity index is 982. The Morgan fingerprint density at radius 3 is 2.62 bits per heavy atom. The summed E-state index contributed by atoms with van der Waals surface area (Å²) >= 11 is 5.91. The summed E-state index contributed by atoms with van der Waals surface area (Å²) in [5.74, 6) is -0.0347. The van der Waals surface area contributed by atoms with E-state index in [2.05, 4.69) is 4.98 Å². The Morgan fingerprint density at radius 1 is 1.19 bits per heavy atom. The first-order valence-corrected chi connectivity index (χ1v) is 8.80. The molecule has 2 aromatic carbocycles. The lowest BCUT2D eigenvalue weighted by Crippen LogP contribution is -2.31. The minimum Gasteiger partial charge on any atom is -0.339 e. The number of nitrogens with zero attached hydrogens (tertiary/aromatic N) is 3. The topological polar surface area (TPSA) is 55.2 Å². The fourth-order valence-electron chi connectivity index (χ4n) is 2.84. The Labute approximate surface area is 156 Å². The van der Waals surface area contributed by atoms with Crippen molar-refractivity contribution in [3.8, 4) is 0 Å². The van der Waals surface area contributed by atoms with E-state index in [0.29, 0.717) is 22.5 Å². The normalized spacial score (nSPS) is 12.1. The van der Waals surface area contributed by atoms with Crippen molar-refractivity contribution in [2.24, 2.45) is 0 Å². The lowest BCUT2D eigenvalue weighted by molar-refractivity contribution is -0.132. The summed E-state index contributed by atoms with van der Waals surface area (Å²) in [6.07, 6.45) is 1.73. The second-order valence-corrected chi connectivity index (χ2v) is 6.68. The zero-order valence-corrected chi connectivity index (χ0v) is 15.5. The third kappa shape index (κ3) is 3.78. The van der Waals surface area contributed by atoms with Gasteiger partial charge in [0.15, 0.2) is 0 Å². The van der Waals surface area contributed by atoms with Crippen LogP contribution in [0.3, 0.4) is 0 Å². The summed E-state index contributed by atoms with van der Waals surface area (Å²) in [5.41, 5.74) is 1.54. The largest absolute Gasteiger partial charge is 0.339 e. The zero-order valence-electron chi connectivity index (χ0n) is 14.7. The monoisotopic (exact) mass is 369 g/mol. The number of hydrogen-bond acceptors (Lipinski definition) is 3. The highest BCUT2D eigenvalue weighted by molar-refractivity contribution is 6.30. The number of carbonyl (C=O) groups excluding carboxylic acids is 1. The van der Waals surface area contributed by atoms with Crippen molar-refractivity contribution in [3.05, 3.63) is 75.8 Å². The van der Waals surface area contributed by atoms with Crippen molar-refractivity contribution < 1.29 is 4.79 Å². The van der Waals surface area contributed by atoms with E-state index in [1.807, 2.05) is 43.3 Å². The van der Waals surface area contributed by atoms with Gasteiger partial charge in [-0.15, -0.1) is 0 Å². The average Bonchev–Trinajstić information content (AvgIpc) is 2.67. The maximum Gasteiger partial charge on any atom is 0.261 e. The van der Waals surface area contributed by atoms with Crippen LogP contribution < -0.4 is 5.56 Å². The summed E-state index contributed by atoms with van der Waals surface area (Å²) in [4.78, 5) is 31.0. The van der Waals surface area contributed by atoms with Crippen molar-refractivity contribution in [1.29, 1.82) is 0 Å². The molecular formula is C20H20ClN3O2. The quantitative estimate of drug-likeness (QED) is 0.689. The SMILES string of the molecule is CC(c1ccc(Cl)cc1)N(C)C(=O)CCn1cnc2ccccc2c1=O. The van der Waals surface area contributed by atoms with E-state index in [9.17, 15) is 9.59 Å². The number of aromatic nitrogens is 2. The number of carbonyl (C=O) groups is 1. The van der Waals surface area contributed by atoms with Crippen LogP contribution >= 0.6 is 11.6 Å². The molecule has 5 nitrogen and oxygen atoms in total. The molecule has 3 rings (SSSR count). The van der Waals surface area contributed by atoms with Gasteiger partial charge in [0, 0.05) is 25.0 Å². The van der Waals surface area contributed by atoms with Crippen LogP contribution in [-0.2, 0) is 11.3 Å². The minimum atomic E-state index is -0.128. The molecule has 0 N–H and O–H groups in total. The summed E-state index contributed by atoms with van der Waals surface area (Å²) in [7, 11) is 1.77. The van der Waals surface area contributed by atoms with Gasteiger partial charge in [-0.2, -0.15) is 0 Å². The highest BCUT2D eigenvalue weighted by atomic mass is 35.5. The Balaban J connectivity index is 1.69. The first kappa shape index (κ1) is 18.1. The first-order valence-electron chi connectivity index (χ1n) is 8.42. The van der Waals surface area contributed by atoms with Crippen LogP contribution in [0, 0.1) is 0 Å². The molecule has 0 spiro atoms.